The van der Waals surface area contributed by atoms with Crippen molar-refractivity contribution < 1.29 is 10.4 Å². The third-order valence-corrected chi connectivity index (χ3v) is 6.45. The van der Waals surface area contributed by atoms with Gasteiger partial charge in [0.2, 0.25) is 0 Å². The van der Waals surface area contributed by atoms with Crippen molar-refractivity contribution in [1.82, 2.24) is 10.1 Å². The van der Waals surface area contributed by atoms with Crippen molar-refractivity contribution in [3.05, 3.63) is 0 Å². The molecular weight excluding hydrogens is 316 g/mol. The number of hydrogen-bond acceptors (Lipinski definition) is 6. The summed E-state index contributed by atoms with van der Waals surface area (Å²) in [5.41, 5.74) is 4.54. The molecule has 4 unspecified atom stereocenters. The summed E-state index contributed by atoms with van der Waals surface area (Å²) in [6, 6.07) is 2.45. The van der Waals surface area contributed by atoms with E-state index in [2.05, 4.69) is 13.0 Å². The summed E-state index contributed by atoms with van der Waals surface area (Å²) in [4.78, 5) is 0. The van der Waals surface area contributed by atoms with Gasteiger partial charge in [-0.2, -0.15) is 15.4 Å². The first-order chi connectivity index (χ1) is 11.3. The Bertz CT molecular complexity index is 544. The van der Waals surface area contributed by atoms with Crippen molar-refractivity contribution >= 4 is 0 Å². The van der Waals surface area contributed by atoms with Gasteiger partial charge in [0, 0.05) is 34.1 Å². The van der Waals surface area contributed by atoms with Crippen LogP contribution in [0.2, 0.25) is 0 Å². The minimum Gasteiger partial charge on any atom is -0.328 e. The Kier molecular flexibility index (Phi) is 5.33. The molecule has 4 N–H and O–H groups in total. The molecule has 0 saturated carbocycles. The van der Waals surface area contributed by atoms with E-state index in [1.54, 1.807) is 0 Å². The van der Waals surface area contributed by atoms with Gasteiger partial charge in [-0.25, -0.2) is 0 Å². The largest absolute Gasteiger partial charge is 0.328 e. The van der Waals surface area contributed by atoms with Crippen LogP contribution in [0.3, 0.4) is 0 Å². The van der Waals surface area contributed by atoms with Crippen molar-refractivity contribution in [2.75, 3.05) is 0 Å². The molecule has 0 amide bonds. The highest BCUT2D eigenvalue weighted by molar-refractivity contribution is 5.06. The average Bonchev–Trinajstić information content (AvgIpc) is 2.47. The van der Waals surface area contributed by atoms with Gasteiger partial charge in [-0.1, -0.05) is 0 Å². The number of rotatable bonds is 3. The van der Waals surface area contributed by atoms with Crippen LogP contribution < -0.4 is 5.73 Å². The third kappa shape index (κ3) is 3.86. The topological polar surface area (TPSA) is 96.8 Å². The molecule has 0 spiro atoms. The first-order valence-corrected chi connectivity index (χ1v) is 9.39. The number of hydrogen-bond donors (Lipinski definition) is 3. The van der Waals surface area contributed by atoms with Crippen LogP contribution in [0.25, 0.3) is 0 Å². The van der Waals surface area contributed by atoms with E-state index in [9.17, 15) is 15.7 Å². The van der Waals surface area contributed by atoms with E-state index in [1.165, 1.54) is 10.1 Å². The van der Waals surface area contributed by atoms with Crippen molar-refractivity contribution in [2.24, 2.45) is 11.7 Å². The van der Waals surface area contributed by atoms with Crippen molar-refractivity contribution in [1.29, 1.82) is 5.26 Å². The maximum Gasteiger partial charge on any atom is 0.0657 e. The SMILES string of the molecule is CC1(C)CC(N)CC(C)(CCC2(C)CC(C#N)CC(C)(C)N2O)N1O. The molecule has 2 aliphatic rings. The Hall–Kier alpha value is -0.710. The van der Waals surface area contributed by atoms with E-state index >= 15 is 0 Å². The molecule has 2 rings (SSSR count). The van der Waals surface area contributed by atoms with Gasteiger partial charge < -0.3 is 16.1 Å². The molecule has 2 fully saturated rings. The Morgan fingerprint density at radius 2 is 1.32 bits per heavy atom. The van der Waals surface area contributed by atoms with Gasteiger partial charge in [-0.3, -0.25) is 0 Å². The van der Waals surface area contributed by atoms with Crippen LogP contribution in [0.15, 0.2) is 0 Å². The first kappa shape index (κ1) is 20.6. The Labute approximate surface area is 152 Å². The molecule has 2 saturated heterocycles. The molecule has 0 aromatic heterocycles. The van der Waals surface area contributed by atoms with Gasteiger partial charge in [0.25, 0.3) is 0 Å². The molecule has 2 heterocycles. The second-order valence-electron chi connectivity index (χ2n) is 10.1. The van der Waals surface area contributed by atoms with Gasteiger partial charge >= 0.3 is 0 Å². The molecule has 0 aromatic carbocycles. The van der Waals surface area contributed by atoms with Crippen LogP contribution in [0, 0.1) is 17.2 Å². The number of piperidine rings is 2. The summed E-state index contributed by atoms with van der Waals surface area (Å²) in [6.07, 6.45) is 4.19. The summed E-state index contributed by atoms with van der Waals surface area (Å²) in [5.74, 6) is -0.0634. The number of nitrogens with zero attached hydrogens (tertiary/aromatic N) is 3. The minimum absolute atomic E-state index is 0.0519. The summed E-state index contributed by atoms with van der Waals surface area (Å²) >= 11 is 0. The highest BCUT2D eigenvalue weighted by Crippen LogP contribution is 2.45. The van der Waals surface area contributed by atoms with Crippen LogP contribution >= 0.6 is 0 Å². The van der Waals surface area contributed by atoms with Crippen LogP contribution in [0.1, 0.15) is 80.1 Å². The predicted molar refractivity (Wildman–Crippen MR) is 97.0 cm³/mol. The molecule has 4 atom stereocenters. The van der Waals surface area contributed by atoms with Crippen LogP contribution in [0.5, 0.6) is 0 Å². The fourth-order valence-electron chi connectivity index (χ4n) is 5.34. The quantitative estimate of drug-likeness (QED) is 0.721. The van der Waals surface area contributed by atoms with Crippen molar-refractivity contribution in [3.63, 3.8) is 0 Å². The Morgan fingerprint density at radius 1 is 0.880 bits per heavy atom. The second-order valence-corrected chi connectivity index (χ2v) is 10.1. The predicted octanol–water partition coefficient (Wildman–Crippen LogP) is 3.28. The highest BCUT2D eigenvalue weighted by atomic mass is 16.5. The lowest BCUT2D eigenvalue weighted by Crippen LogP contribution is -2.64. The fraction of sp³-hybridized carbons (Fsp3) is 0.947. The summed E-state index contributed by atoms with van der Waals surface area (Å²) in [6.45, 7) is 12.1. The molecule has 2 aliphatic heterocycles. The van der Waals surface area contributed by atoms with E-state index in [4.69, 9.17) is 5.73 Å². The standard InChI is InChI=1S/C19H36N4O2/c1-16(2)9-14(13-20)10-18(5,22(16)24)7-8-19(6)12-15(21)11-17(3,4)23(19)25/h14-15,24-25H,7-12,21H2,1-6H3. The van der Waals surface area contributed by atoms with E-state index in [-0.39, 0.29) is 17.5 Å². The van der Waals surface area contributed by atoms with Gasteiger partial charge in [-0.15, -0.1) is 0 Å². The fourth-order valence-corrected chi connectivity index (χ4v) is 5.34. The van der Waals surface area contributed by atoms with Crippen LogP contribution in [0.4, 0.5) is 0 Å². The van der Waals surface area contributed by atoms with E-state index < -0.39 is 16.6 Å². The maximum atomic E-state index is 10.8. The number of nitriles is 1. The minimum atomic E-state index is -0.488. The average molecular weight is 353 g/mol. The number of nitrogens with two attached hydrogens (primary N) is 1. The van der Waals surface area contributed by atoms with Crippen LogP contribution in [-0.4, -0.2) is 48.7 Å². The molecule has 0 bridgehead atoms. The Balaban J connectivity index is 2.19. The van der Waals surface area contributed by atoms with Gasteiger partial charge in [0.1, 0.15) is 0 Å². The van der Waals surface area contributed by atoms with Crippen molar-refractivity contribution in [2.45, 2.75) is 108 Å². The molecule has 6 nitrogen and oxygen atoms in total. The van der Waals surface area contributed by atoms with Gasteiger partial charge in [-0.05, 0) is 80.1 Å². The lowest BCUT2D eigenvalue weighted by Gasteiger charge is -2.55. The summed E-state index contributed by atoms with van der Waals surface area (Å²) in [5, 5.41) is 34.0. The molecular formula is C19H36N4O2. The molecule has 6 heteroatoms. The smallest absolute Gasteiger partial charge is 0.0657 e. The molecule has 0 radical (unpaired) electrons. The van der Waals surface area contributed by atoms with E-state index in [0.29, 0.717) is 25.7 Å². The molecule has 25 heavy (non-hydrogen) atoms. The molecule has 0 aromatic rings. The number of hydroxylamine groups is 4. The lowest BCUT2D eigenvalue weighted by atomic mass is 9.70. The zero-order valence-electron chi connectivity index (χ0n) is 16.7. The van der Waals surface area contributed by atoms with E-state index in [1.807, 2.05) is 34.6 Å². The third-order valence-electron chi connectivity index (χ3n) is 6.45. The molecule has 0 aliphatic carbocycles. The van der Waals surface area contributed by atoms with Crippen LogP contribution in [-0.2, 0) is 0 Å². The van der Waals surface area contributed by atoms with Gasteiger partial charge in [0.05, 0.1) is 6.07 Å². The zero-order valence-corrected chi connectivity index (χ0v) is 16.7. The van der Waals surface area contributed by atoms with Gasteiger partial charge in [0.15, 0.2) is 0 Å². The lowest BCUT2D eigenvalue weighted by molar-refractivity contribution is -0.270. The molecule has 144 valence electrons. The second kappa shape index (κ2) is 6.47. The summed E-state index contributed by atoms with van der Waals surface area (Å²) < 4.78 is 0. The Morgan fingerprint density at radius 3 is 1.80 bits per heavy atom. The summed E-state index contributed by atoms with van der Waals surface area (Å²) in [7, 11) is 0. The highest BCUT2D eigenvalue weighted by Gasteiger charge is 2.51. The normalized spacial score (nSPS) is 42.1. The van der Waals surface area contributed by atoms with E-state index in [0.717, 1.165) is 12.8 Å². The zero-order chi connectivity index (χ0) is 19.3. The maximum absolute atomic E-state index is 10.8. The monoisotopic (exact) mass is 352 g/mol. The van der Waals surface area contributed by atoms with Crippen molar-refractivity contribution in [3.8, 4) is 6.07 Å². The first-order valence-electron chi connectivity index (χ1n) is 9.39.